The van der Waals surface area contributed by atoms with Crippen LogP contribution in [0.25, 0.3) is 16.7 Å². The fraction of sp³-hybridized carbons (Fsp3) is 0.0714. The molecule has 0 fully saturated rings. The van der Waals surface area contributed by atoms with Crippen LogP contribution in [0.1, 0.15) is 5.56 Å². The molecule has 0 aliphatic rings. The first-order valence-electron chi connectivity index (χ1n) is 5.90. The number of aromatic nitrogens is 2. The van der Waals surface area contributed by atoms with Crippen LogP contribution in [-0.2, 0) is 6.18 Å². The molecule has 1 heterocycles. The molecule has 0 radical (unpaired) electrons. The monoisotopic (exact) mass is 312 g/mol. The summed E-state index contributed by atoms with van der Waals surface area (Å²) >= 11 is 6.02. The molecule has 0 atom stereocenters. The summed E-state index contributed by atoms with van der Waals surface area (Å²) in [6.45, 7) is 0. The fourth-order valence-electron chi connectivity index (χ4n) is 2.15. The molecule has 0 saturated carbocycles. The maximum absolute atomic E-state index is 13.0. The molecule has 3 aromatic rings. The third-order valence-corrected chi connectivity index (χ3v) is 3.38. The van der Waals surface area contributed by atoms with Crippen LogP contribution in [0.5, 0.6) is 5.75 Å². The van der Waals surface area contributed by atoms with Gasteiger partial charge in [0.15, 0.2) is 0 Å². The molecule has 0 spiro atoms. The number of halogens is 4. The Labute approximate surface area is 122 Å². The number of nitrogens with zero attached hydrogens (tertiary/aromatic N) is 2. The van der Waals surface area contributed by atoms with Gasteiger partial charge in [0.25, 0.3) is 0 Å². The predicted molar refractivity (Wildman–Crippen MR) is 72.7 cm³/mol. The number of imidazole rings is 1. The molecule has 1 N–H and O–H groups in total. The lowest BCUT2D eigenvalue weighted by Crippen LogP contribution is -2.05. The second kappa shape index (κ2) is 4.66. The van der Waals surface area contributed by atoms with Crippen molar-refractivity contribution < 1.29 is 18.3 Å². The van der Waals surface area contributed by atoms with Crippen LogP contribution < -0.4 is 0 Å². The highest BCUT2D eigenvalue weighted by Crippen LogP contribution is 2.35. The van der Waals surface area contributed by atoms with Crippen molar-refractivity contribution in [2.24, 2.45) is 0 Å². The number of hydrogen-bond donors (Lipinski definition) is 1. The lowest BCUT2D eigenvalue weighted by molar-refractivity contribution is -0.136. The van der Waals surface area contributed by atoms with Crippen LogP contribution in [-0.4, -0.2) is 14.7 Å². The SMILES string of the molecule is Oc1ccc(-n2cnc3c(C(F)(F)F)cccc32)c(Cl)c1. The molecule has 0 bridgehead atoms. The van der Waals surface area contributed by atoms with E-state index in [1.54, 1.807) is 0 Å². The summed E-state index contributed by atoms with van der Waals surface area (Å²) in [5.41, 5.74) is -0.212. The molecule has 21 heavy (non-hydrogen) atoms. The van der Waals surface area contributed by atoms with E-state index in [0.29, 0.717) is 5.69 Å². The van der Waals surface area contributed by atoms with Gasteiger partial charge < -0.3 is 5.11 Å². The fourth-order valence-corrected chi connectivity index (χ4v) is 2.42. The Kier molecular flexibility index (Phi) is 3.06. The van der Waals surface area contributed by atoms with Crippen LogP contribution in [0.4, 0.5) is 13.2 Å². The highest BCUT2D eigenvalue weighted by atomic mass is 35.5. The molecular formula is C14H8ClF3N2O. The molecule has 108 valence electrons. The zero-order chi connectivity index (χ0) is 15.2. The molecular weight excluding hydrogens is 305 g/mol. The molecule has 0 unspecified atom stereocenters. The van der Waals surface area contributed by atoms with Crippen LogP contribution in [0.15, 0.2) is 42.7 Å². The molecule has 3 rings (SSSR count). The number of alkyl halides is 3. The van der Waals surface area contributed by atoms with Gasteiger partial charge in [-0.05, 0) is 24.3 Å². The van der Waals surface area contributed by atoms with E-state index in [2.05, 4.69) is 4.98 Å². The first-order chi connectivity index (χ1) is 9.88. The van der Waals surface area contributed by atoms with Gasteiger partial charge in [-0.15, -0.1) is 0 Å². The molecule has 7 heteroatoms. The van der Waals surface area contributed by atoms with Crippen LogP contribution in [0.2, 0.25) is 5.02 Å². The lowest BCUT2D eigenvalue weighted by Gasteiger charge is -2.09. The Hall–Kier alpha value is -2.21. The van der Waals surface area contributed by atoms with Crippen molar-refractivity contribution in [2.75, 3.05) is 0 Å². The van der Waals surface area contributed by atoms with Gasteiger partial charge in [0.1, 0.15) is 17.6 Å². The van der Waals surface area contributed by atoms with E-state index in [1.165, 1.54) is 41.2 Å². The lowest BCUT2D eigenvalue weighted by atomic mass is 10.1. The number of rotatable bonds is 1. The Morgan fingerprint density at radius 3 is 2.57 bits per heavy atom. The minimum absolute atomic E-state index is 0.0239. The third kappa shape index (κ3) is 2.31. The smallest absolute Gasteiger partial charge is 0.418 e. The standard InChI is InChI=1S/C14H8ClF3N2O/c15-10-6-8(21)4-5-11(10)20-7-19-13-9(14(16,17)18)2-1-3-12(13)20/h1-7,21H. The summed E-state index contributed by atoms with van der Waals surface area (Å²) in [6, 6.07) is 8.06. The number of phenols is 1. The molecule has 1 aromatic heterocycles. The number of phenolic OH excluding ortho intramolecular Hbond substituents is 1. The van der Waals surface area contributed by atoms with Gasteiger partial charge in [0.2, 0.25) is 0 Å². The third-order valence-electron chi connectivity index (χ3n) is 3.07. The first-order valence-corrected chi connectivity index (χ1v) is 6.28. The zero-order valence-electron chi connectivity index (χ0n) is 10.4. The van der Waals surface area contributed by atoms with Crippen molar-refractivity contribution in [3.63, 3.8) is 0 Å². The van der Waals surface area contributed by atoms with Gasteiger partial charge in [-0.3, -0.25) is 4.57 Å². The topological polar surface area (TPSA) is 38.0 Å². The first kappa shape index (κ1) is 13.8. The Balaban J connectivity index is 2.26. The van der Waals surface area contributed by atoms with Gasteiger partial charge in [-0.2, -0.15) is 13.2 Å². The quantitative estimate of drug-likeness (QED) is 0.723. The largest absolute Gasteiger partial charge is 0.508 e. The van der Waals surface area contributed by atoms with E-state index in [0.717, 1.165) is 6.07 Å². The summed E-state index contributed by atoms with van der Waals surface area (Å²) in [6.07, 6.45) is -3.20. The second-order valence-electron chi connectivity index (χ2n) is 4.42. The van der Waals surface area contributed by atoms with Gasteiger partial charge in [-0.1, -0.05) is 17.7 Å². The van der Waals surface area contributed by atoms with Crippen LogP contribution >= 0.6 is 11.6 Å². The molecule has 0 amide bonds. The van der Waals surface area contributed by atoms with E-state index in [9.17, 15) is 18.3 Å². The summed E-state index contributed by atoms with van der Waals surface area (Å²) in [7, 11) is 0. The van der Waals surface area contributed by atoms with Crippen molar-refractivity contribution in [1.82, 2.24) is 9.55 Å². The maximum atomic E-state index is 13.0. The normalized spacial score (nSPS) is 12.0. The van der Waals surface area contributed by atoms with Crippen molar-refractivity contribution in [3.05, 3.63) is 53.3 Å². The summed E-state index contributed by atoms with van der Waals surface area (Å²) < 4.78 is 40.3. The van der Waals surface area contributed by atoms with Gasteiger partial charge in [0.05, 0.1) is 21.8 Å². The molecule has 0 aliphatic heterocycles. The highest BCUT2D eigenvalue weighted by molar-refractivity contribution is 6.32. The van der Waals surface area contributed by atoms with E-state index in [4.69, 9.17) is 11.6 Å². The maximum Gasteiger partial charge on any atom is 0.418 e. The minimum Gasteiger partial charge on any atom is -0.508 e. The van der Waals surface area contributed by atoms with E-state index < -0.39 is 11.7 Å². The summed E-state index contributed by atoms with van der Waals surface area (Å²) in [4.78, 5) is 3.85. The van der Waals surface area contributed by atoms with E-state index in [-0.39, 0.29) is 21.8 Å². The van der Waals surface area contributed by atoms with Crippen LogP contribution in [0, 0.1) is 0 Å². The number of benzene rings is 2. The minimum atomic E-state index is -4.47. The zero-order valence-corrected chi connectivity index (χ0v) is 11.2. The average molecular weight is 313 g/mol. The molecule has 0 aliphatic carbocycles. The van der Waals surface area contributed by atoms with Gasteiger partial charge in [-0.25, -0.2) is 4.98 Å². The molecule has 3 nitrogen and oxygen atoms in total. The van der Waals surface area contributed by atoms with Crippen molar-refractivity contribution >= 4 is 22.6 Å². The Bertz CT molecular complexity index is 827. The predicted octanol–water partition coefficient (Wildman–Crippen LogP) is 4.40. The van der Waals surface area contributed by atoms with Crippen molar-refractivity contribution in [3.8, 4) is 11.4 Å². The molecule has 0 saturated heterocycles. The van der Waals surface area contributed by atoms with Crippen LogP contribution in [0.3, 0.4) is 0 Å². The Morgan fingerprint density at radius 2 is 1.90 bits per heavy atom. The van der Waals surface area contributed by atoms with Gasteiger partial charge >= 0.3 is 6.18 Å². The van der Waals surface area contributed by atoms with Gasteiger partial charge in [0, 0.05) is 6.07 Å². The van der Waals surface area contributed by atoms with E-state index >= 15 is 0 Å². The molecule has 2 aromatic carbocycles. The second-order valence-corrected chi connectivity index (χ2v) is 4.83. The van der Waals surface area contributed by atoms with Crippen molar-refractivity contribution in [1.29, 1.82) is 0 Å². The number of fused-ring (bicyclic) bond motifs is 1. The van der Waals surface area contributed by atoms with Crippen molar-refractivity contribution in [2.45, 2.75) is 6.18 Å². The number of aromatic hydroxyl groups is 1. The number of para-hydroxylation sites is 1. The summed E-state index contributed by atoms with van der Waals surface area (Å²) in [5.74, 6) is -0.0239. The van der Waals surface area contributed by atoms with E-state index in [1.807, 2.05) is 0 Å². The highest BCUT2D eigenvalue weighted by Gasteiger charge is 2.33. The average Bonchev–Trinajstić information content (AvgIpc) is 2.81. The Morgan fingerprint density at radius 1 is 1.14 bits per heavy atom. The summed E-state index contributed by atoms with van der Waals surface area (Å²) in [5, 5.41) is 9.56. The number of hydrogen-bond acceptors (Lipinski definition) is 2.